The molecule has 54 valence electrons. The average molecular weight is 178 g/mol. The van der Waals surface area contributed by atoms with E-state index in [2.05, 4.69) is 32.9 Å². The molecule has 0 unspecified atom stereocenters. The van der Waals surface area contributed by atoms with Crippen LogP contribution in [0.4, 0.5) is 0 Å². The minimum Gasteiger partial charge on any atom is -0.359 e. The number of hydrogen-bond acceptors (Lipinski definition) is 0. The third kappa shape index (κ3) is 5.24. The van der Waals surface area contributed by atoms with Gasteiger partial charge >= 0.3 is 70.2 Å². The largest absolute Gasteiger partial charge is 1.00 e. The Bertz CT molecular complexity index is 201. The summed E-state index contributed by atoms with van der Waals surface area (Å²) in [5, 5.41) is 0. The molecule has 0 aliphatic carbocycles. The van der Waals surface area contributed by atoms with Gasteiger partial charge in [-0.25, -0.2) is 0 Å². The van der Waals surface area contributed by atoms with Crippen LogP contribution in [-0.2, 0) is 5.41 Å². The van der Waals surface area contributed by atoms with Gasteiger partial charge in [-0.15, -0.1) is 5.41 Å². The molecule has 0 saturated heterocycles. The van der Waals surface area contributed by atoms with Crippen molar-refractivity contribution in [3.8, 4) is 0 Å². The molecule has 0 aliphatic heterocycles. The normalized spacial score (nSPS) is 9.58. The molecule has 0 aromatic heterocycles. The summed E-state index contributed by atoms with van der Waals surface area (Å²) in [6, 6.07) is 11.8. The second-order valence-corrected chi connectivity index (χ2v) is 3.47. The van der Waals surface area contributed by atoms with E-state index in [1.807, 2.05) is 12.1 Å². The van der Waals surface area contributed by atoms with E-state index in [4.69, 9.17) is 0 Å². The zero-order valence-corrected chi connectivity index (χ0v) is 11.9. The van der Waals surface area contributed by atoms with Crippen LogP contribution in [0.25, 0.3) is 0 Å². The number of benzene rings is 1. The Hall–Kier alpha value is 1.45. The van der Waals surface area contributed by atoms with Crippen LogP contribution >= 0.6 is 0 Å². The summed E-state index contributed by atoms with van der Waals surface area (Å²) >= 11 is 0. The quantitative estimate of drug-likeness (QED) is 0.287. The summed E-state index contributed by atoms with van der Waals surface area (Å²) in [5.41, 5.74) is 1.52. The van der Waals surface area contributed by atoms with Crippen molar-refractivity contribution in [3.63, 3.8) is 0 Å². The smallest absolute Gasteiger partial charge is 0.359 e. The van der Waals surface area contributed by atoms with Gasteiger partial charge in [0.1, 0.15) is 0 Å². The fourth-order valence-electron chi connectivity index (χ4n) is 0.786. The maximum atomic E-state index is 3.01. The number of hydrogen-bond donors (Lipinski definition) is 0. The summed E-state index contributed by atoms with van der Waals surface area (Å²) in [5.74, 6) is 0. The van der Waals surface area contributed by atoms with Crippen LogP contribution in [0.15, 0.2) is 18.2 Å². The van der Waals surface area contributed by atoms with Crippen LogP contribution in [0, 0.1) is 12.1 Å². The fraction of sp³-hybridized carbons (Fsp3) is 0.400. The Labute approximate surface area is 130 Å². The topological polar surface area (TPSA) is 0 Å². The monoisotopic (exact) mass is 178 g/mol. The molecule has 0 spiro atoms. The first-order valence-corrected chi connectivity index (χ1v) is 3.48. The van der Waals surface area contributed by atoms with Crippen molar-refractivity contribution in [1.82, 2.24) is 0 Å². The predicted octanol–water partition coefficient (Wildman–Crippen LogP) is -3.41. The van der Waals surface area contributed by atoms with Crippen LogP contribution in [0.2, 0.25) is 0 Å². The summed E-state index contributed by atoms with van der Waals surface area (Å²) < 4.78 is 0. The Morgan fingerprint density at radius 3 is 1.75 bits per heavy atom. The van der Waals surface area contributed by atoms with Crippen LogP contribution < -0.4 is 70.2 Å². The maximum absolute atomic E-state index is 3.01. The van der Waals surface area contributed by atoms with Crippen molar-refractivity contribution >= 4 is 0 Å². The molecule has 0 fully saturated rings. The summed E-state index contributed by atoms with van der Waals surface area (Å²) in [6.45, 7) is 6.55. The summed E-state index contributed by atoms with van der Waals surface area (Å²) in [4.78, 5) is 0. The van der Waals surface area contributed by atoms with E-state index in [0.717, 1.165) is 0 Å². The molecule has 1 aromatic carbocycles. The molecule has 0 radical (unpaired) electrons. The Morgan fingerprint density at radius 2 is 1.50 bits per heavy atom. The number of rotatable bonds is 0. The molecular formula is C10H12KLi. The van der Waals surface area contributed by atoms with Crippen molar-refractivity contribution < 1.29 is 70.2 Å². The molecule has 0 heterocycles. The van der Waals surface area contributed by atoms with Gasteiger partial charge in [-0.3, -0.25) is 17.7 Å². The molecule has 1 rings (SSSR count). The van der Waals surface area contributed by atoms with Gasteiger partial charge in [0.25, 0.3) is 0 Å². The van der Waals surface area contributed by atoms with Gasteiger partial charge in [-0.05, 0) is 0 Å². The third-order valence-corrected chi connectivity index (χ3v) is 1.51. The van der Waals surface area contributed by atoms with E-state index in [9.17, 15) is 0 Å². The fourth-order valence-corrected chi connectivity index (χ4v) is 0.786. The molecule has 0 nitrogen and oxygen atoms in total. The third-order valence-electron chi connectivity index (χ3n) is 1.51. The molecule has 1 aromatic rings. The van der Waals surface area contributed by atoms with E-state index in [1.54, 1.807) is 6.07 Å². The molecule has 0 bridgehead atoms. The molecule has 2 heteroatoms. The molecule has 0 aliphatic rings. The van der Waals surface area contributed by atoms with Gasteiger partial charge < -0.3 is 18.2 Å². The van der Waals surface area contributed by atoms with Crippen molar-refractivity contribution in [3.05, 3.63) is 35.9 Å². The van der Waals surface area contributed by atoms with E-state index in [-0.39, 0.29) is 75.7 Å². The first-order valence-electron chi connectivity index (χ1n) is 3.48. The molecule has 0 amide bonds. The zero-order chi connectivity index (χ0) is 7.61. The first-order chi connectivity index (χ1) is 4.61. The molecule has 12 heavy (non-hydrogen) atoms. The van der Waals surface area contributed by atoms with E-state index < -0.39 is 0 Å². The van der Waals surface area contributed by atoms with Crippen molar-refractivity contribution in [2.24, 2.45) is 0 Å². The van der Waals surface area contributed by atoms with Gasteiger partial charge in [0, 0.05) is 0 Å². The van der Waals surface area contributed by atoms with E-state index in [0.29, 0.717) is 0 Å². The van der Waals surface area contributed by atoms with Gasteiger partial charge in [-0.1, -0.05) is 20.8 Å². The van der Waals surface area contributed by atoms with Crippen LogP contribution in [-0.4, -0.2) is 0 Å². The minimum atomic E-state index is 0. The van der Waals surface area contributed by atoms with Crippen LogP contribution in [0.5, 0.6) is 0 Å². The Morgan fingerprint density at radius 1 is 1.08 bits per heavy atom. The van der Waals surface area contributed by atoms with E-state index >= 15 is 0 Å². The zero-order valence-electron chi connectivity index (χ0n) is 8.73. The summed E-state index contributed by atoms with van der Waals surface area (Å²) in [7, 11) is 0. The molecule has 0 N–H and O–H groups in total. The average Bonchev–Trinajstić information content (AvgIpc) is 1.88. The molecule has 0 atom stereocenters. The van der Waals surface area contributed by atoms with Gasteiger partial charge in [0.15, 0.2) is 0 Å². The molecular weight excluding hydrogens is 166 g/mol. The van der Waals surface area contributed by atoms with Gasteiger partial charge in [0.2, 0.25) is 0 Å². The summed E-state index contributed by atoms with van der Waals surface area (Å²) in [6.07, 6.45) is 0. The SMILES string of the molecule is CC(C)(C)c1c[c-]c[c-]c1.[K+].[Li+]. The van der Waals surface area contributed by atoms with Gasteiger partial charge in [0.05, 0.1) is 0 Å². The second-order valence-electron chi connectivity index (χ2n) is 3.47. The van der Waals surface area contributed by atoms with Crippen molar-refractivity contribution in [2.75, 3.05) is 0 Å². The standard InChI is InChI=1S/C10H12.K.Li/c1-10(2,3)9-7-5-4-6-8-9;;/h4,7-8H,1-3H3;;/q-2;2*+1. The second kappa shape index (κ2) is 6.84. The predicted molar refractivity (Wildman–Crippen MR) is 42.8 cm³/mol. The van der Waals surface area contributed by atoms with Crippen LogP contribution in [0.3, 0.4) is 0 Å². The molecule has 0 saturated carbocycles. The van der Waals surface area contributed by atoms with Crippen LogP contribution in [0.1, 0.15) is 26.3 Å². The van der Waals surface area contributed by atoms with Crippen molar-refractivity contribution in [2.45, 2.75) is 26.2 Å². The first kappa shape index (κ1) is 15.9. The van der Waals surface area contributed by atoms with Gasteiger partial charge in [-0.2, -0.15) is 0 Å². The van der Waals surface area contributed by atoms with E-state index in [1.165, 1.54) is 5.56 Å². The minimum absolute atomic E-state index is 0. The Kier molecular flexibility index (Phi) is 9.07. The Balaban J connectivity index is 0. The van der Waals surface area contributed by atoms with Crippen molar-refractivity contribution in [1.29, 1.82) is 0 Å². The maximum Gasteiger partial charge on any atom is 1.00 e.